The Hall–Kier alpha value is -3.56. The Morgan fingerprint density at radius 2 is 1.78 bits per heavy atom. The van der Waals surface area contributed by atoms with Gasteiger partial charge in [-0.05, 0) is 43.0 Å². The monoisotopic (exact) mass is 445 g/mol. The molecular weight excluding hydrogens is 418 g/mol. The maximum absolute atomic E-state index is 13.1. The van der Waals surface area contributed by atoms with E-state index in [-0.39, 0.29) is 30.4 Å². The second-order valence-corrected chi connectivity index (χ2v) is 8.05. The van der Waals surface area contributed by atoms with Gasteiger partial charge in [0.1, 0.15) is 12.1 Å². The highest BCUT2D eigenvalue weighted by atomic mass is 16.5. The molecule has 32 heavy (non-hydrogen) atoms. The van der Waals surface area contributed by atoms with Crippen LogP contribution < -0.4 is 10.6 Å². The summed E-state index contributed by atoms with van der Waals surface area (Å²) in [5.41, 5.74) is 0. The number of hydrogen-bond acceptors (Lipinski definition) is 7. The molecule has 1 saturated heterocycles. The summed E-state index contributed by atoms with van der Waals surface area (Å²) in [6.45, 7) is 3.94. The summed E-state index contributed by atoms with van der Waals surface area (Å²) in [5.74, 6) is -1.66. The highest BCUT2D eigenvalue weighted by Crippen LogP contribution is 2.22. The van der Waals surface area contributed by atoms with Gasteiger partial charge in [-0.2, -0.15) is 0 Å². The van der Waals surface area contributed by atoms with Crippen LogP contribution in [0.5, 0.6) is 0 Å². The van der Waals surface area contributed by atoms with Crippen LogP contribution in [0.1, 0.15) is 47.8 Å². The largest absolute Gasteiger partial charge is 0.467 e. The lowest BCUT2D eigenvalue weighted by atomic mass is 10.0. The lowest BCUT2D eigenvalue weighted by molar-refractivity contribution is -0.146. The third-order valence-electron chi connectivity index (χ3n) is 5.19. The molecule has 2 aromatic rings. The van der Waals surface area contributed by atoms with Crippen LogP contribution in [-0.2, 0) is 14.3 Å². The number of ether oxygens (including phenoxy) is 1. The van der Waals surface area contributed by atoms with E-state index in [4.69, 9.17) is 13.6 Å². The quantitative estimate of drug-likeness (QED) is 0.590. The van der Waals surface area contributed by atoms with Crippen LogP contribution in [-0.4, -0.2) is 60.4 Å². The number of furan rings is 2. The fraction of sp³-hybridized carbons (Fsp3) is 0.455. The number of rotatable bonds is 8. The first-order valence-electron chi connectivity index (χ1n) is 10.4. The van der Waals surface area contributed by atoms with Gasteiger partial charge in [0.15, 0.2) is 11.5 Å². The van der Waals surface area contributed by atoms with Crippen molar-refractivity contribution in [3.8, 4) is 0 Å². The zero-order valence-corrected chi connectivity index (χ0v) is 18.2. The van der Waals surface area contributed by atoms with Gasteiger partial charge in [0.05, 0.1) is 19.6 Å². The first kappa shape index (κ1) is 23.1. The number of methoxy groups -OCH3 is 1. The fourth-order valence-corrected chi connectivity index (χ4v) is 3.72. The molecule has 0 unspecified atom stereocenters. The number of esters is 1. The van der Waals surface area contributed by atoms with Crippen molar-refractivity contribution in [3.63, 3.8) is 0 Å². The van der Waals surface area contributed by atoms with Gasteiger partial charge in [0.25, 0.3) is 11.8 Å². The standard InChI is InChI=1S/C22H27N3O7/c1-13(2)10-15(22(29)30-3)24-19(26)16-11-14(23-20(27)17-6-4-8-31-17)12-25(16)21(28)18-7-5-9-32-18/h4-9,13-16H,10-12H2,1-3H3,(H,23,27)(H,24,26)/t14-,15-,16-/m0/s1. The Labute approximate surface area is 185 Å². The summed E-state index contributed by atoms with van der Waals surface area (Å²) < 4.78 is 15.1. The predicted octanol–water partition coefficient (Wildman–Crippen LogP) is 1.59. The van der Waals surface area contributed by atoms with Crippen LogP contribution in [0.4, 0.5) is 0 Å². The van der Waals surface area contributed by atoms with E-state index in [2.05, 4.69) is 10.6 Å². The molecule has 0 spiro atoms. The van der Waals surface area contributed by atoms with Crippen LogP contribution in [0.3, 0.4) is 0 Å². The minimum absolute atomic E-state index is 0.0764. The Kier molecular flexibility index (Phi) is 7.34. The van der Waals surface area contributed by atoms with Crippen molar-refractivity contribution in [2.24, 2.45) is 5.92 Å². The van der Waals surface area contributed by atoms with Crippen LogP contribution in [0.25, 0.3) is 0 Å². The molecule has 1 aliphatic rings. The van der Waals surface area contributed by atoms with E-state index in [1.807, 2.05) is 13.8 Å². The van der Waals surface area contributed by atoms with E-state index < -0.39 is 41.8 Å². The van der Waals surface area contributed by atoms with E-state index in [9.17, 15) is 19.2 Å². The summed E-state index contributed by atoms with van der Waals surface area (Å²) in [5, 5.41) is 5.49. The molecule has 2 aromatic heterocycles. The molecule has 3 amide bonds. The molecule has 0 bridgehead atoms. The van der Waals surface area contributed by atoms with Crippen molar-refractivity contribution in [2.45, 2.75) is 44.8 Å². The molecule has 3 heterocycles. The third kappa shape index (κ3) is 5.37. The minimum Gasteiger partial charge on any atom is -0.467 e. The molecule has 1 fully saturated rings. The molecule has 2 N–H and O–H groups in total. The average Bonchev–Trinajstić information content (AvgIpc) is 3.53. The Morgan fingerprint density at radius 3 is 2.34 bits per heavy atom. The number of likely N-dealkylation sites (tertiary alicyclic amines) is 1. The van der Waals surface area contributed by atoms with Crippen molar-refractivity contribution in [3.05, 3.63) is 48.3 Å². The van der Waals surface area contributed by atoms with Gasteiger partial charge in [0, 0.05) is 12.6 Å². The zero-order valence-electron chi connectivity index (χ0n) is 18.2. The van der Waals surface area contributed by atoms with Crippen molar-refractivity contribution < 1.29 is 32.7 Å². The Morgan fingerprint density at radius 1 is 1.12 bits per heavy atom. The zero-order chi connectivity index (χ0) is 23.3. The molecule has 10 nitrogen and oxygen atoms in total. The minimum atomic E-state index is -0.909. The topological polar surface area (TPSA) is 131 Å². The van der Waals surface area contributed by atoms with Gasteiger partial charge in [-0.1, -0.05) is 13.8 Å². The molecular formula is C22H27N3O7. The Bertz CT molecular complexity index is 937. The smallest absolute Gasteiger partial charge is 0.328 e. The van der Waals surface area contributed by atoms with Crippen LogP contribution >= 0.6 is 0 Å². The van der Waals surface area contributed by atoms with E-state index in [1.54, 1.807) is 12.1 Å². The summed E-state index contributed by atoms with van der Waals surface area (Å²) in [4.78, 5) is 52.0. The number of nitrogens with one attached hydrogen (secondary N) is 2. The van der Waals surface area contributed by atoms with E-state index in [1.165, 1.54) is 36.7 Å². The Balaban J connectivity index is 1.77. The number of nitrogens with zero attached hydrogens (tertiary/aromatic N) is 1. The summed E-state index contributed by atoms with van der Waals surface area (Å²) in [7, 11) is 1.25. The molecule has 0 saturated carbocycles. The fourth-order valence-electron chi connectivity index (χ4n) is 3.72. The molecule has 172 valence electrons. The third-order valence-corrected chi connectivity index (χ3v) is 5.19. The van der Waals surface area contributed by atoms with E-state index >= 15 is 0 Å². The second-order valence-electron chi connectivity index (χ2n) is 8.05. The van der Waals surface area contributed by atoms with Crippen molar-refractivity contribution in [2.75, 3.05) is 13.7 Å². The van der Waals surface area contributed by atoms with E-state index in [0.717, 1.165) is 0 Å². The maximum Gasteiger partial charge on any atom is 0.328 e. The van der Waals surface area contributed by atoms with Gasteiger partial charge in [-0.3, -0.25) is 14.4 Å². The van der Waals surface area contributed by atoms with E-state index in [0.29, 0.717) is 6.42 Å². The van der Waals surface area contributed by atoms with Crippen molar-refractivity contribution >= 4 is 23.7 Å². The lowest BCUT2D eigenvalue weighted by Gasteiger charge is -2.25. The predicted molar refractivity (Wildman–Crippen MR) is 112 cm³/mol. The highest BCUT2D eigenvalue weighted by Gasteiger charge is 2.42. The summed E-state index contributed by atoms with van der Waals surface area (Å²) in [6.07, 6.45) is 3.30. The molecule has 3 atom stereocenters. The molecule has 0 aromatic carbocycles. The first-order chi connectivity index (χ1) is 15.3. The summed E-state index contributed by atoms with van der Waals surface area (Å²) in [6, 6.07) is 3.94. The van der Waals surface area contributed by atoms with Crippen LogP contribution in [0.2, 0.25) is 0 Å². The molecule has 0 aliphatic carbocycles. The SMILES string of the molecule is COC(=O)[C@H](CC(C)C)NC(=O)[C@@H]1C[C@H](NC(=O)c2ccco2)CN1C(=O)c1ccco1. The number of amides is 3. The number of hydrogen-bond donors (Lipinski definition) is 2. The van der Waals surface area contributed by atoms with Crippen LogP contribution in [0, 0.1) is 5.92 Å². The van der Waals surface area contributed by atoms with Crippen molar-refractivity contribution in [1.29, 1.82) is 0 Å². The normalized spacial score (nSPS) is 18.9. The van der Waals surface area contributed by atoms with Crippen molar-refractivity contribution in [1.82, 2.24) is 15.5 Å². The first-order valence-corrected chi connectivity index (χ1v) is 10.4. The van der Waals surface area contributed by atoms with Gasteiger partial charge in [-0.15, -0.1) is 0 Å². The summed E-state index contributed by atoms with van der Waals surface area (Å²) >= 11 is 0. The molecule has 1 aliphatic heterocycles. The lowest BCUT2D eigenvalue weighted by Crippen LogP contribution is -2.51. The van der Waals surface area contributed by atoms with Crippen LogP contribution in [0.15, 0.2) is 45.6 Å². The molecule has 3 rings (SSSR count). The highest BCUT2D eigenvalue weighted by molar-refractivity contribution is 5.97. The average molecular weight is 445 g/mol. The maximum atomic E-state index is 13.1. The molecule has 10 heteroatoms. The van der Waals surface area contributed by atoms with Gasteiger partial charge >= 0.3 is 5.97 Å². The molecule has 0 radical (unpaired) electrons. The van der Waals surface area contributed by atoms with Gasteiger partial charge < -0.3 is 29.1 Å². The number of carbonyl (C=O) groups excluding carboxylic acids is 4. The van der Waals surface area contributed by atoms with Gasteiger partial charge in [-0.25, -0.2) is 4.79 Å². The second kappa shape index (κ2) is 10.2. The van der Waals surface area contributed by atoms with Gasteiger partial charge in [0.2, 0.25) is 5.91 Å². The number of carbonyl (C=O) groups is 4.